The number of hydrogen-bond acceptors (Lipinski definition) is 0. The van der Waals surface area contributed by atoms with Gasteiger partial charge in [0.25, 0.3) is 0 Å². The zero-order chi connectivity index (χ0) is 10.5. The lowest BCUT2D eigenvalue weighted by Crippen LogP contribution is -2.21. The van der Waals surface area contributed by atoms with Crippen molar-refractivity contribution in [2.24, 2.45) is 41.4 Å². The van der Waals surface area contributed by atoms with Crippen molar-refractivity contribution in [3.8, 4) is 0 Å². The molecule has 0 aromatic heterocycles. The Bertz CT molecular complexity index is 206. The molecular formula is C14H26. The molecule has 0 saturated heterocycles. The van der Waals surface area contributed by atoms with Gasteiger partial charge >= 0.3 is 0 Å². The normalized spacial score (nSPS) is 52.7. The second-order valence-electron chi connectivity index (χ2n) is 6.47. The largest absolute Gasteiger partial charge is 0.0625 e. The third kappa shape index (κ3) is 1.42. The first-order chi connectivity index (χ1) is 6.52. The van der Waals surface area contributed by atoms with Gasteiger partial charge in [-0.15, -0.1) is 0 Å². The van der Waals surface area contributed by atoms with E-state index in [1.54, 1.807) is 0 Å². The summed E-state index contributed by atoms with van der Waals surface area (Å²) in [5, 5.41) is 0. The van der Waals surface area contributed by atoms with Crippen LogP contribution in [-0.4, -0.2) is 0 Å². The quantitative estimate of drug-likeness (QED) is 0.586. The molecule has 0 aromatic rings. The van der Waals surface area contributed by atoms with Gasteiger partial charge in [-0.05, 0) is 54.3 Å². The maximum absolute atomic E-state index is 2.49. The van der Waals surface area contributed by atoms with E-state index in [1.165, 1.54) is 12.8 Å². The average Bonchev–Trinajstić information content (AvgIpc) is 2.54. The SMILES string of the molecule is CC(C)C1CC(C)C2C(C)CC(C)C12. The van der Waals surface area contributed by atoms with E-state index in [2.05, 4.69) is 34.6 Å². The highest BCUT2D eigenvalue weighted by Gasteiger charge is 2.50. The molecule has 0 spiro atoms. The number of hydrogen-bond donors (Lipinski definition) is 0. The van der Waals surface area contributed by atoms with Gasteiger partial charge in [0.2, 0.25) is 0 Å². The van der Waals surface area contributed by atoms with Crippen molar-refractivity contribution in [3.63, 3.8) is 0 Å². The maximum atomic E-state index is 2.49. The minimum atomic E-state index is 0.903. The summed E-state index contributed by atoms with van der Waals surface area (Å²) in [5.41, 5.74) is 0. The van der Waals surface area contributed by atoms with E-state index < -0.39 is 0 Å². The van der Waals surface area contributed by atoms with Crippen molar-refractivity contribution in [2.75, 3.05) is 0 Å². The van der Waals surface area contributed by atoms with E-state index in [4.69, 9.17) is 0 Å². The van der Waals surface area contributed by atoms with Crippen LogP contribution in [0.4, 0.5) is 0 Å². The molecule has 2 rings (SSSR count). The summed E-state index contributed by atoms with van der Waals surface area (Å²) >= 11 is 0. The third-order valence-corrected chi connectivity index (χ3v) is 5.15. The molecule has 6 unspecified atom stereocenters. The van der Waals surface area contributed by atoms with Crippen molar-refractivity contribution in [3.05, 3.63) is 0 Å². The van der Waals surface area contributed by atoms with E-state index in [9.17, 15) is 0 Å². The minimum Gasteiger partial charge on any atom is -0.0625 e. The highest BCUT2D eigenvalue weighted by atomic mass is 14.6. The van der Waals surface area contributed by atoms with Gasteiger partial charge in [-0.3, -0.25) is 0 Å². The van der Waals surface area contributed by atoms with Crippen molar-refractivity contribution >= 4 is 0 Å². The van der Waals surface area contributed by atoms with E-state index >= 15 is 0 Å². The van der Waals surface area contributed by atoms with E-state index in [-0.39, 0.29) is 0 Å². The van der Waals surface area contributed by atoms with Gasteiger partial charge in [-0.2, -0.15) is 0 Å². The Morgan fingerprint density at radius 1 is 0.786 bits per heavy atom. The molecule has 2 aliphatic rings. The summed E-state index contributed by atoms with van der Waals surface area (Å²) in [6.45, 7) is 12.3. The number of rotatable bonds is 1. The predicted octanol–water partition coefficient (Wildman–Crippen LogP) is 4.21. The molecule has 0 aliphatic heterocycles. The van der Waals surface area contributed by atoms with Gasteiger partial charge in [0.1, 0.15) is 0 Å². The van der Waals surface area contributed by atoms with Crippen LogP contribution in [0.15, 0.2) is 0 Å². The van der Waals surface area contributed by atoms with Crippen molar-refractivity contribution in [2.45, 2.75) is 47.5 Å². The Balaban J connectivity index is 2.20. The van der Waals surface area contributed by atoms with Crippen LogP contribution < -0.4 is 0 Å². The van der Waals surface area contributed by atoms with E-state index in [1.807, 2.05) is 0 Å². The van der Waals surface area contributed by atoms with E-state index in [0.717, 1.165) is 41.4 Å². The first kappa shape index (κ1) is 10.5. The molecule has 2 fully saturated rings. The summed E-state index contributed by atoms with van der Waals surface area (Å²) in [5.74, 6) is 7.01. The molecule has 0 N–H and O–H groups in total. The summed E-state index contributed by atoms with van der Waals surface area (Å²) in [6.07, 6.45) is 2.99. The summed E-state index contributed by atoms with van der Waals surface area (Å²) < 4.78 is 0. The smallest absolute Gasteiger partial charge is 0.0324 e. The molecule has 2 aliphatic carbocycles. The van der Waals surface area contributed by atoms with Crippen LogP contribution in [0, 0.1) is 41.4 Å². The molecule has 0 bridgehead atoms. The first-order valence-electron chi connectivity index (χ1n) is 6.52. The molecule has 2 saturated carbocycles. The standard InChI is InChI=1S/C14H26/c1-8(2)12-7-11(5)13-9(3)6-10(4)14(12)13/h8-14H,6-7H2,1-5H3. The van der Waals surface area contributed by atoms with E-state index in [0.29, 0.717) is 0 Å². The van der Waals surface area contributed by atoms with Gasteiger partial charge in [0.05, 0.1) is 0 Å². The Hall–Kier alpha value is 0. The molecule has 0 radical (unpaired) electrons. The average molecular weight is 194 g/mol. The van der Waals surface area contributed by atoms with Crippen LogP contribution in [0.1, 0.15) is 47.5 Å². The molecule has 0 nitrogen and oxygen atoms in total. The third-order valence-electron chi connectivity index (χ3n) is 5.15. The molecule has 6 atom stereocenters. The first-order valence-corrected chi connectivity index (χ1v) is 6.52. The van der Waals surface area contributed by atoms with Crippen LogP contribution in [0.25, 0.3) is 0 Å². The molecule has 14 heavy (non-hydrogen) atoms. The molecular weight excluding hydrogens is 168 g/mol. The lowest BCUT2D eigenvalue weighted by Gasteiger charge is -2.26. The summed E-state index contributed by atoms with van der Waals surface area (Å²) in [6, 6.07) is 0. The van der Waals surface area contributed by atoms with Gasteiger partial charge < -0.3 is 0 Å². The number of fused-ring (bicyclic) bond motifs is 1. The lowest BCUT2D eigenvalue weighted by molar-refractivity contribution is 0.220. The molecule has 82 valence electrons. The molecule has 0 heteroatoms. The fourth-order valence-electron chi connectivity index (χ4n) is 4.77. The molecule has 0 heterocycles. The van der Waals surface area contributed by atoms with Gasteiger partial charge in [-0.1, -0.05) is 34.6 Å². The fraction of sp³-hybridized carbons (Fsp3) is 1.00. The van der Waals surface area contributed by atoms with Crippen molar-refractivity contribution in [1.82, 2.24) is 0 Å². The van der Waals surface area contributed by atoms with Crippen molar-refractivity contribution < 1.29 is 0 Å². The minimum absolute atomic E-state index is 0.903. The van der Waals surface area contributed by atoms with Crippen LogP contribution in [0.2, 0.25) is 0 Å². The molecule has 0 aromatic carbocycles. The van der Waals surface area contributed by atoms with Gasteiger partial charge in [-0.25, -0.2) is 0 Å². The maximum Gasteiger partial charge on any atom is -0.0324 e. The summed E-state index contributed by atoms with van der Waals surface area (Å²) in [4.78, 5) is 0. The van der Waals surface area contributed by atoms with Crippen LogP contribution >= 0.6 is 0 Å². The van der Waals surface area contributed by atoms with Gasteiger partial charge in [0.15, 0.2) is 0 Å². The van der Waals surface area contributed by atoms with Gasteiger partial charge in [0, 0.05) is 0 Å². The summed E-state index contributed by atoms with van der Waals surface area (Å²) in [7, 11) is 0. The Labute approximate surface area is 89.5 Å². The topological polar surface area (TPSA) is 0 Å². The predicted molar refractivity (Wildman–Crippen MR) is 62.0 cm³/mol. The monoisotopic (exact) mass is 194 g/mol. The zero-order valence-electron chi connectivity index (χ0n) is 10.5. The zero-order valence-corrected chi connectivity index (χ0v) is 10.5. The fourth-order valence-corrected chi connectivity index (χ4v) is 4.77. The second-order valence-corrected chi connectivity index (χ2v) is 6.47. The highest BCUT2D eigenvalue weighted by Crippen LogP contribution is 2.57. The highest BCUT2D eigenvalue weighted by molar-refractivity contribution is 4.99. The molecule has 0 amide bonds. The Kier molecular flexibility index (Phi) is 2.66. The van der Waals surface area contributed by atoms with Crippen LogP contribution in [0.5, 0.6) is 0 Å². The lowest BCUT2D eigenvalue weighted by atomic mass is 9.79. The van der Waals surface area contributed by atoms with Crippen molar-refractivity contribution in [1.29, 1.82) is 0 Å². The van der Waals surface area contributed by atoms with Crippen LogP contribution in [0.3, 0.4) is 0 Å². The Morgan fingerprint density at radius 3 is 1.86 bits per heavy atom. The Morgan fingerprint density at radius 2 is 1.29 bits per heavy atom. The van der Waals surface area contributed by atoms with Crippen LogP contribution in [-0.2, 0) is 0 Å². The second kappa shape index (κ2) is 3.54.